The van der Waals surface area contributed by atoms with Gasteiger partial charge in [-0.25, -0.2) is 0 Å². The normalized spacial score (nSPS) is 12.5. The van der Waals surface area contributed by atoms with E-state index in [1.54, 1.807) is 0 Å². The van der Waals surface area contributed by atoms with E-state index in [0.717, 1.165) is 35.4 Å². The van der Waals surface area contributed by atoms with Crippen LogP contribution in [0.25, 0.3) is 55.9 Å². The van der Waals surface area contributed by atoms with Crippen molar-refractivity contribution in [2.45, 2.75) is 12.8 Å². The van der Waals surface area contributed by atoms with Crippen molar-refractivity contribution < 1.29 is 0 Å². The van der Waals surface area contributed by atoms with E-state index in [1.165, 1.54) is 55.6 Å². The van der Waals surface area contributed by atoms with Crippen molar-refractivity contribution in [1.82, 2.24) is 9.97 Å². The second kappa shape index (κ2) is 8.36. The highest BCUT2D eigenvalue weighted by Gasteiger charge is 2.19. The lowest BCUT2D eigenvalue weighted by atomic mass is 9.99. The van der Waals surface area contributed by atoms with E-state index in [-0.39, 0.29) is 0 Å². The summed E-state index contributed by atoms with van der Waals surface area (Å²) in [7, 11) is 0. The van der Waals surface area contributed by atoms with Crippen molar-refractivity contribution in [3.63, 3.8) is 0 Å². The van der Waals surface area contributed by atoms with Crippen LogP contribution in [0.2, 0.25) is 0 Å². The van der Waals surface area contributed by atoms with E-state index >= 15 is 0 Å². The second-order valence-corrected chi connectivity index (χ2v) is 10.3. The third-order valence-electron chi connectivity index (χ3n) is 8.04. The average molecular weight is 485 g/mol. The Morgan fingerprint density at radius 1 is 0.368 bits per heavy atom. The molecule has 0 N–H and O–H groups in total. The molecule has 2 nitrogen and oxygen atoms in total. The average Bonchev–Trinajstić information content (AvgIpc) is 3.54. The minimum atomic E-state index is 0.887. The Morgan fingerprint density at radius 2 is 0.789 bits per heavy atom. The van der Waals surface area contributed by atoms with Gasteiger partial charge in [-0.1, -0.05) is 97.1 Å². The lowest BCUT2D eigenvalue weighted by molar-refractivity contribution is 1.24. The van der Waals surface area contributed by atoms with E-state index in [0.29, 0.717) is 0 Å². The van der Waals surface area contributed by atoms with Crippen LogP contribution in [-0.2, 0) is 12.8 Å². The van der Waals surface area contributed by atoms with Gasteiger partial charge in [-0.2, -0.15) is 0 Å². The molecule has 6 aromatic rings. The van der Waals surface area contributed by atoms with Gasteiger partial charge in [0.1, 0.15) is 0 Å². The fourth-order valence-electron chi connectivity index (χ4n) is 6.08. The molecule has 0 spiro atoms. The molecule has 38 heavy (non-hydrogen) atoms. The predicted molar refractivity (Wildman–Crippen MR) is 155 cm³/mol. The van der Waals surface area contributed by atoms with Gasteiger partial charge in [-0.3, -0.25) is 9.97 Å². The molecule has 0 atom stereocenters. The van der Waals surface area contributed by atoms with Crippen LogP contribution in [0.15, 0.2) is 122 Å². The number of rotatable bonds is 3. The van der Waals surface area contributed by atoms with Crippen LogP contribution in [0.4, 0.5) is 0 Å². The summed E-state index contributed by atoms with van der Waals surface area (Å²) in [5.41, 5.74) is 17.5. The number of aromatic nitrogens is 2. The van der Waals surface area contributed by atoms with Crippen LogP contribution in [0.3, 0.4) is 0 Å². The van der Waals surface area contributed by atoms with Gasteiger partial charge in [0.15, 0.2) is 0 Å². The minimum Gasteiger partial charge on any atom is -0.254 e. The number of nitrogens with zero attached hydrogens (tertiary/aromatic N) is 2. The van der Waals surface area contributed by atoms with Crippen molar-refractivity contribution in [2.24, 2.45) is 0 Å². The first-order chi connectivity index (χ1) is 18.8. The highest BCUT2D eigenvalue weighted by Crippen LogP contribution is 2.40. The van der Waals surface area contributed by atoms with Gasteiger partial charge in [0.2, 0.25) is 0 Å². The zero-order chi connectivity index (χ0) is 25.1. The highest BCUT2D eigenvalue weighted by molar-refractivity contribution is 5.81. The van der Waals surface area contributed by atoms with Gasteiger partial charge >= 0.3 is 0 Å². The quantitative estimate of drug-likeness (QED) is 0.251. The van der Waals surface area contributed by atoms with Crippen molar-refractivity contribution in [2.75, 3.05) is 0 Å². The monoisotopic (exact) mass is 484 g/mol. The fourth-order valence-corrected chi connectivity index (χ4v) is 6.08. The molecule has 2 heteroatoms. The number of hydrogen-bond donors (Lipinski definition) is 0. The summed E-state index contributed by atoms with van der Waals surface area (Å²) in [4.78, 5) is 9.54. The molecule has 0 aliphatic heterocycles. The van der Waals surface area contributed by atoms with E-state index < -0.39 is 0 Å². The summed E-state index contributed by atoms with van der Waals surface area (Å²) in [5.74, 6) is 0. The summed E-state index contributed by atoms with van der Waals surface area (Å²) in [6.45, 7) is 0. The van der Waals surface area contributed by atoms with Gasteiger partial charge < -0.3 is 0 Å². The van der Waals surface area contributed by atoms with Gasteiger partial charge in [0, 0.05) is 23.5 Å². The van der Waals surface area contributed by atoms with E-state index in [4.69, 9.17) is 9.97 Å². The molecule has 2 aromatic heterocycles. The summed E-state index contributed by atoms with van der Waals surface area (Å²) in [5, 5.41) is 0. The molecule has 0 unspecified atom stereocenters. The first-order valence-electron chi connectivity index (χ1n) is 13.2. The SMILES string of the molecule is c1ccc2c(c1)Cc1cc(-c3ccc(-c4ccc(-c5ccc6c(c5)Cc5ccccc5-6)cn4)nc3)ccc1-2. The molecule has 8 rings (SSSR count). The smallest absolute Gasteiger partial charge is 0.0886 e. The van der Waals surface area contributed by atoms with Gasteiger partial charge in [0.05, 0.1) is 11.4 Å². The maximum atomic E-state index is 4.77. The summed E-state index contributed by atoms with van der Waals surface area (Å²) < 4.78 is 0. The number of hydrogen-bond acceptors (Lipinski definition) is 2. The van der Waals surface area contributed by atoms with Crippen molar-refractivity contribution >= 4 is 0 Å². The Morgan fingerprint density at radius 3 is 1.24 bits per heavy atom. The second-order valence-electron chi connectivity index (χ2n) is 10.3. The molecule has 0 amide bonds. The maximum Gasteiger partial charge on any atom is 0.0886 e. The molecule has 178 valence electrons. The summed E-state index contributed by atoms with van der Waals surface area (Å²) in [6, 6.07) is 39.4. The highest BCUT2D eigenvalue weighted by atomic mass is 14.8. The maximum absolute atomic E-state index is 4.77. The number of benzene rings is 4. The topological polar surface area (TPSA) is 25.8 Å². The Bertz CT molecular complexity index is 1710. The molecular weight excluding hydrogens is 460 g/mol. The molecule has 0 saturated carbocycles. The molecule has 2 aliphatic rings. The van der Waals surface area contributed by atoms with Crippen molar-refractivity contribution in [3.8, 4) is 55.9 Å². The molecule has 4 aromatic carbocycles. The van der Waals surface area contributed by atoms with Crippen molar-refractivity contribution in [1.29, 1.82) is 0 Å². The number of fused-ring (bicyclic) bond motifs is 6. The molecule has 2 aliphatic carbocycles. The van der Waals surface area contributed by atoms with Crippen LogP contribution in [-0.4, -0.2) is 9.97 Å². The molecule has 0 bridgehead atoms. The molecule has 2 heterocycles. The first kappa shape index (κ1) is 21.3. The zero-order valence-corrected chi connectivity index (χ0v) is 20.9. The van der Waals surface area contributed by atoms with E-state index in [2.05, 4.69) is 109 Å². The largest absolute Gasteiger partial charge is 0.254 e. The third-order valence-corrected chi connectivity index (χ3v) is 8.04. The van der Waals surface area contributed by atoms with Crippen LogP contribution in [0.1, 0.15) is 22.3 Å². The van der Waals surface area contributed by atoms with Crippen LogP contribution in [0.5, 0.6) is 0 Å². The van der Waals surface area contributed by atoms with Gasteiger partial charge in [-0.15, -0.1) is 0 Å². The summed E-state index contributed by atoms with van der Waals surface area (Å²) >= 11 is 0. The Kier molecular flexibility index (Phi) is 4.68. The first-order valence-corrected chi connectivity index (χ1v) is 13.2. The lowest BCUT2D eigenvalue weighted by Gasteiger charge is -2.08. The minimum absolute atomic E-state index is 0.887. The summed E-state index contributed by atoms with van der Waals surface area (Å²) in [6.07, 6.45) is 5.93. The zero-order valence-electron chi connectivity index (χ0n) is 20.9. The molecule has 0 fully saturated rings. The Hall–Kier alpha value is -4.82. The van der Waals surface area contributed by atoms with Crippen LogP contribution < -0.4 is 0 Å². The fraction of sp³-hybridized carbons (Fsp3) is 0.0556. The molecular formula is C36H24N2. The van der Waals surface area contributed by atoms with E-state index in [1.807, 2.05) is 12.4 Å². The van der Waals surface area contributed by atoms with E-state index in [9.17, 15) is 0 Å². The predicted octanol–water partition coefficient (Wildman–Crippen LogP) is 8.62. The Labute approximate surface area is 222 Å². The standard InChI is InChI=1S/C36H24N2/c1-3-7-31-25(5-1)19-29-17-23(9-13-33(29)31)27-11-15-35(37-21-27)36-16-12-28(22-38-36)24-10-14-34-30(18-24)20-26-6-2-4-8-32(26)34/h1-18,21-22H,19-20H2. The van der Waals surface area contributed by atoms with Crippen LogP contribution in [0, 0.1) is 0 Å². The van der Waals surface area contributed by atoms with Gasteiger partial charge in [-0.05, 0) is 80.6 Å². The molecule has 0 radical (unpaired) electrons. The molecule has 0 saturated heterocycles. The third kappa shape index (κ3) is 3.42. The Balaban J connectivity index is 1.03. The van der Waals surface area contributed by atoms with Crippen molar-refractivity contribution in [3.05, 3.63) is 144 Å². The number of pyridine rings is 2. The van der Waals surface area contributed by atoms with Crippen LogP contribution >= 0.6 is 0 Å². The lowest BCUT2D eigenvalue weighted by Crippen LogP contribution is -1.90. The van der Waals surface area contributed by atoms with Gasteiger partial charge in [0.25, 0.3) is 0 Å².